The summed E-state index contributed by atoms with van der Waals surface area (Å²) in [5.41, 5.74) is 19.4. The second-order valence-corrected chi connectivity index (χ2v) is 30.5. The van der Waals surface area contributed by atoms with Crippen LogP contribution in [-0.2, 0) is 96.6 Å². The molecule has 2 aliphatic rings. The van der Waals surface area contributed by atoms with Crippen molar-refractivity contribution >= 4 is 23.4 Å². The molecule has 1 aliphatic heterocycles. The molecule has 9 aromatic carbocycles. The van der Waals surface area contributed by atoms with E-state index in [-0.39, 0.29) is 59.1 Å². The maximum atomic E-state index is 11.5. The summed E-state index contributed by atoms with van der Waals surface area (Å²) in [7, 11) is 10.9. The number of benzene rings is 9. The minimum Gasteiger partial charge on any atom is -0.550 e. The Bertz CT molecular complexity index is 3950. The molecule has 0 radical (unpaired) electrons. The van der Waals surface area contributed by atoms with E-state index in [2.05, 4.69) is 216 Å². The number of likely N-dealkylation sites (tertiary alicyclic amines) is 1. The monoisotopic (exact) mass is 1640 g/mol. The van der Waals surface area contributed by atoms with Crippen molar-refractivity contribution in [1.82, 2.24) is 9.80 Å². The number of methoxy groups -OCH3 is 3. The molecule has 9 aromatic rings. The molecule has 1 saturated heterocycles. The molecule has 1 aliphatic carbocycles. The minimum absolute atomic E-state index is 0. The summed E-state index contributed by atoms with van der Waals surface area (Å²) in [6.07, 6.45) is 16.5. The maximum absolute atomic E-state index is 11.5. The first-order valence-electron chi connectivity index (χ1n) is 43.2. The zero-order valence-electron chi connectivity index (χ0n) is 77.9. The number of rotatable bonds is 23. The van der Waals surface area contributed by atoms with Gasteiger partial charge in [-0.25, -0.2) is 0 Å². The topological polar surface area (TPSA) is 144 Å². The van der Waals surface area contributed by atoms with E-state index < -0.39 is 5.97 Å². The molecular formula is C106H151N2NaO10. The molecule has 0 spiro atoms. The molecular weight excluding hydrogens is 1480 g/mol. The summed E-state index contributed by atoms with van der Waals surface area (Å²) in [6, 6.07) is 73.9. The number of hydrogen-bond acceptors (Lipinski definition) is 11. The number of hydrogen-bond donors (Lipinski definition) is 0. The fourth-order valence-electron chi connectivity index (χ4n) is 11.9. The fourth-order valence-corrected chi connectivity index (χ4v) is 11.9. The van der Waals surface area contributed by atoms with E-state index in [0.29, 0.717) is 19.8 Å². The average molecular weight is 1640 g/mol. The van der Waals surface area contributed by atoms with Gasteiger partial charge in [0.25, 0.3) is 5.91 Å². The van der Waals surface area contributed by atoms with E-state index in [9.17, 15) is 24.3 Å². The van der Waals surface area contributed by atoms with Gasteiger partial charge in [-0.2, -0.15) is 0 Å². The van der Waals surface area contributed by atoms with E-state index in [1.54, 1.807) is 54.2 Å². The molecule has 1 heterocycles. The number of ketones is 2. The summed E-state index contributed by atoms with van der Waals surface area (Å²) in [5, 5.41) is 10.3. The number of aryl methyl sites for hydroxylation is 10. The largest absolute Gasteiger partial charge is 1.00 e. The van der Waals surface area contributed by atoms with Crippen LogP contribution in [0.2, 0.25) is 0 Å². The van der Waals surface area contributed by atoms with Gasteiger partial charge in [0.05, 0.1) is 32.5 Å². The second kappa shape index (κ2) is 68.4. The van der Waals surface area contributed by atoms with Crippen molar-refractivity contribution in [3.63, 3.8) is 0 Å². The molecule has 0 aromatic heterocycles. The van der Waals surface area contributed by atoms with E-state index in [0.717, 1.165) is 130 Å². The van der Waals surface area contributed by atoms with Crippen molar-refractivity contribution in [2.24, 2.45) is 17.8 Å². The zero-order valence-corrected chi connectivity index (χ0v) is 79.9. The summed E-state index contributed by atoms with van der Waals surface area (Å²) >= 11 is 0. The van der Waals surface area contributed by atoms with Gasteiger partial charge in [-0.3, -0.25) is 14.4 Å². The van der Waals surface area contributed by atoms with E-state index in [1.165, 1.54) is 98.3 Å². The predicted molar refractivity (Wildman–Crippen MR) is 496 cm³/mol. The van der Waals surface area contributed by atoms with Crippen LogP contribution >= 0.6 is 0 Å². The summed E-state index contributed by atoms with van der Waals surface area (Å²) < 4.78 is 25.9. The number of carboxylic acids is 1. The number of carbonyl (C=O) groups is 4. The first kappa shape index (κ1) is 111. The molecule has 1 saturated carbocycles. The van der Waals surface area contributed by atoms with Crippen molar-refractivity contribution in [1.29, 1.82) is 0 Å². The molecule has 2 fully saturated rings. The van der Waals surface area contributed by atoms with Gasteiger partial charge in [-0.15, -0.1) is 0 Å². The number of ether oxygens (including phenoxy) is 5. The van der Waals surface area contributed by atoms with Crippen LogP contribution in [0.1, 0.15) is 253 Å². The van der Waals surface area contributed by atoms with Gasteiger partial charge in [0.1, 0.15) is 11.5 Å². The molecule has 646 valence electrons. The van der Waals surface area contributed by atoms with Crippen molar-refractivity contribution in [2.75, 3.05) is 62.2 Å². The Morgan fingerprint density at radius 3 is 1.08 bits per heavy atom. The van der Waals surface area contributed by atoms with Crippen LogP contribution in [0, 0.1) is 24.7 Å². The van der Waals surface area contributed by atoms with Crippen LogP contribution in [0.15, 0.2) is 218 Å². The van der Waals surface area contributed by atoms with Crippen molar-refractivity contribution in [3.05, 3.63) is 307 Å². The predicted octanol–water partition coefficient (Wildman–Crippen LogP) is 21.2. The van der Waals surface area contributed by atoms with Crippen LogP contribution in [0.4, 0.5) is 0 Å². The molecule has 0 unspecified atom stereocenters. The number of nitrogens with zero attached hydrogens (tertiary/aromatic N) is 2. The molecule has 1 amide bonds. The van der Waals surface area contributed by atoms with Crippen molar-refractivity contribution < 1.29 is 77.5 Å². The molecule has 0 N–H and O–H groups in total. The van der Waals surface area contributed by atoms with Gasteiger partial charge in [0, 0.05) is 58.1 Å². The van der Waals surface area contributed by atoms with Gasteiger partial charge in [-0.05, 0) is 272 Å². The summed E-state index contributed by atoms with van der Waals surface area (Å²) in [4.78, 5) is 47.6. The number of carbonyl (C=O) groups excluding carboxylic acids is 4. The third-order valence-electron chi connectivity index (χ3n) is 19.9. The van der Waals surface area contributed by atoms with E-state index in [4.69, 9.17) is 23.7 Å². The third-order valence-corrected chi connectivity index (χ3v) is 19.9. The standard InChI is InChI=1S/C11H15NO.C11H16O.C10H14O.C10H12O.C10H14O.C10H12O.C10H14O.C10H14.C9H12O.C8H14O2.C7H15N.Na/c1-4-9-5-7-10(8-6-9)11(13)12(2)3;1-4-10-5-7-11(8-6-10)12-9(2)3;1-3-9-4-6-10(7-5-9)8-11-2;1-3-9-4-6-10(7-5-9)8(2)11;1-3-9-5-4-6-10(7-9)8-11-2;1-3-9-5-4-6-10(7-9)8(2)11;1-3-9-6-5-7-10(8-9)11-4-2;1-3-9-5-7-10(4-2)8-6-9;1-8-3-5-9(6-4-8)7-10-2;1-6-2-4-7(5-3-6)8(9)10;1-7-3-5-8(2)6-4-7;/h5-8H,4H2,1-3H3;5-9H,4H2,1-3H3;4-7H,3,8H2,1-2H3;4-7H,3H2,1-2H3;4-7H,3,8H2,1-2H3;4-7H,3H2,1-2H3;5-8H,3-4H2,1-2H3;5-8H,3-4H2,1-2H3;3-6H,7H2,1-2H3;6-7H,2-5H2,1H3,(H,9,10);7H,3-6H2,1-2H3;/q;;;;;;;;;;;+1/p-1. The van der Waals surface area contributed by atoms with Crippen molar-refractivity contribution in [3.8, 4) is 11.5 Å². The van der Waals surface area contributed by atoms with Crippen LogP contribution in [0.25, 0.3) is 0 Å². The molecule has 0 atom stereocenters. The van der Waals surface area contributed by atoms with E-state index >= 15 is 0 Å². The first-order chi connectivity index (χ1) is 56.6. The Labute approximate surface area is 744 Å². The second-order valence-electron chi connectivity index (χ2n) is 30.5. The number of Topliss-reactive ketones (excluding diaryl/α,β-unsaturated/α-hetero) is 2. The van der Waals surface area contributed by atoms with Gasteiger partial charge in [0.2, 0.25) is 0 Å². The first-order valence-corrected chi connectivity index (χ1v) is 43.2. The molecule has 0 bridgehead atoms. The maximum Gasteiger partial charge on any atom is 1.00 e. The molecule has 11 rings (SSSR count). The van der Waals surface area contributed by atoms with Crippen LogP contribution in [-0.4, -0.2) is 102 Å². The SMILES string of the molecule is CC1CCC(C(=O)[O-])CC1.CC1CCN(C)CC1.CCOc1cccc(CC)c1.CCc1ccc(C(=O)N(C)C)cc1.CCc1ccc(C(C)=O)cc1.CCc1ccc(CC)cc1.CCc1ccc(COC)cc1.CCc1ccc(OC(C)C)cc1.CCc1cccc(C(C)=O)c1.CCc1cccc(COC)c1.COCc1ccc(C)cc1.[Na+]. The Balaban J connectivity index is 0.00000129. The molecule has 119 heavy (non-hydrogen) atoms. The summed E-state index contributed by atoms with van der Waals surface area (Å²) in [6.45, 7) is 40.6. The Hall–Kier alpha value is -8.30. The number of piperidine rings is 1. The Kier molecular flexibility index (Phi) is 63.6. The average Bonchev–Trinajstić information content (AvgIpc) is 0.883. The minimum atomic E-state index is -0.855. The van der Waals surface area contributed by atoms with Crippen LogP contribution < -0.4 is 44.1 Å². The third kappa shape index (κ3) is 52.5. The van der Waals surface area contributed by atoms with Crippen molar-refractivity contribution in [2.45, 2.75) is 240 Å². The fraction of sp³-hybridized carbons (Fsp3) is 0.453. The van der Waals surface area contributed by atoms with Crippen LogP contribution in [0.5, 0.6) is 11.5 Å². The zero-order chi connectivity index (χ0) is 88.0. The smallest absolute Gasteiger partial charge is 0.550 e. The van der Waals surface area contributed by atoms with Gasteiger partial charge in [0.15, 0.2) is 11.6 Å². The summed E-state index contributed by atoms with van der Waals surface area (Å²) in [5.74, 6) is 2.95. The number of amides is 1. The van der Waals surface area contributed by atoms with Crippen LogP contribution in [0.3, 0.4) is 0 Å². The number of aliphatic carboxylic acids is 1. The normalized spacial score (nSPS) is 12.9. The molecule has 13 heteroatoms. The quantitative estimate of drug-likeness (QED) is 0.0446. The van der Waals surface area contributed by atoms with Gasteiger partial charge < -0.3 is 43.4 Å². The van der Waals surface area contributed by atoms with Gasteiger partial charge >= 0.3 is 29.6 Å². The van der Waals surface area contributed by atoms with E-state index in [1.807, 2.05) is 118 Å². The number of carboxylic acid groups (broad SMARTS) is 1. The Morgan fingerprint density at radius 1 is 0.395 bits per heavy atom. The van der Waals surface area contributed by atoms with Gasteiger partial charge in [-0.1, -0.05) is 270 Å². The Morgan fingerprint density at radius 2 is 0.723 bits per heavy atom. The molecule has 12 nitrogen and oxygen atoms in total.